The number of aromatic nitrogens is 2. The molecule has 0 amide bonds. The Balaban J connectivity index is 1.71. The molecule has 1 atom stereocenters. The monoisotopic (exact) mass is 286 g/mol. The number of carbonyl (C=O) groups excluding carboxylic acids is 1. The zero-order chi connectivity index (χ0) is 14.5. The molecule has 110 valence electrons. The van der Waals surface area contributed by atoms with Crippen molar-refractivity contribution in [2.45, 2.75) is 32.2 Å². The maximum Gasteiger partial charge on any atom is 0.263 e. The van der Waals surface area contributed by atoms with E-state index in [0.717, 1.165) is 31.4 Å². The standard InChI is InChI=1S/C16H18N2O3/c19-16(18-9-8-17-12-18)14-6-2-1-5-13(14)11-21-15-7-3-4-10-20-15/h1-2,5-6,8-9,12,15H,3-4,7,10-11H2. The zero-order valence-corrected chi connectivity index (χ0v) is 11.8. The van der Waals surface area contributed by atoms with Crippen molar-refractivity contribution in [3.05, 3.63) is 54.1 Å². The number of hydrogen-bond acceptors (Lipinski definition) is 4. The van der Waals surface area contributed by atoms with Crippen molar-refractivity contribution < 1.29 is 14.3 Å². The van der Waals surface area contributed by atoms with E-state index in [-0.39, 0.29) is 12.2 Å². The second-order valence-electron chi connectivity index (χ2n) is 5.04. The fraction of sp³-hybridized carbons (Fsp3) is 0.375. The molecule has 0 spiro atoms. The van der Waals surface area contributed by atoms with Gasteiger partial charge in [-0.15, -0.1) is 0 Å². The number of imidazole rings is 1. The van der Waals surface area contributed by atoms with Gasteiger partial charge in [-0.05, 0) is 30.9 Å². The molecule has 0 aliphatic carbocycles. The smallest absolute Gasteiger partial charge is 0.263 e. The Bertz CT molecular complexity index is 589. The van der Waals surface area contributed by atoms with Crippen LogP contribution in [0.5, 0.6) is 0 Å². The van der Waals surface area contributed by atoms with Gasteiger partial charge in [0.15, 0.2) is 6.29 Å². The van der Waals surface area contributed by atoms with Crippen molar-refractivity contribution in [1.29, 1.82) is 0 Å². The summed E-state index contributed by atoms with van der Waals surface area (Å²) in [4.78, 5) is 16.3. The highest BCUT2D eigenvalue weighted by Gasteiger charge is 2.17. The van der Waals surface area contributed by atoms with Gasteiger partial charge in [-0.1, -0.05) is 18.2 Å². The molecule has 5 nitrogen and oxygen atoms in total. The average molecular weight is 286 g/mol. The third-order valence-electron chi connectivity index (χ3n) is 3.55. The van der Waals surface area contributed by atoms with Crippen LogP contribution in [0.25, 0.3) is 0 Å². The Morgan fingerprint density at radius 2 is 2.29 bits per heavy atom. The molecular weight excluding hydrogens is 268 g/mol. The molecule has 1 aliphatic rings. The molecular formula is C16H18N2O3. The van der Waals surface area contributed by atoms with Gasteiger partial charge in [0.2, 0.25) is 0 Å². The fourth-order valence-electron chi connectivity index (χ4n) is 2.40. The van der Waals surface area contributed by atoms with Gasteiger partial charge in [0.05, 0.1) is 6.61 Å². The summed E-state index contributed by atoms with van der Waals surface area (Å²) in [5, 5.41) is 0. The van der Waals surface area contributed by atoms with E-state index >= 15 is 0 Å². The van der Waals surface area contributed by atoms with Gasteiger partial charge < -0.3 is 9.47 Å². The fourth-order valence-corrected chi connectivity index (χ4v) is 2.40. The predicted molar refractivity (Wildman–Crippen MR) is 76.8 cm³/mol. The number of benzene rings is 1. The molecule has 1 aliphatic heterocycles. The second-order valence-corrected chi connectivity index (χ2v) is 5.04. The second kappa shape index (κ2) is 6.65. The van der Waals surface area contributed by atoms with Crippen molar-refractivity contribution in [1.82, 2.24) is 9.55 Å². The van der Waals surface area contributed by atoms with E-state index in [1.54, 1.807) is 12.4 Å². The zero-order valence-electron chi connectivity index (χ0n) is 11.8. The number of nitrogens with zero attached hydrogens (tertiary/aromatic N) is 2. The first-order chi connectivity index (χ1) is 10.3. The molecule has 3 rings (SSSR count). The topological polar surface area (TPSA) is 53.4 Å². The van der Waals surface area contributed by atoms with Gasteiger partial charge in [-0.3, -0.25) is 9.36 Å². The quantitative estimate of drug-likeness (QED) is 0.867. The van der Waals surface area contributed by atoms with Gasteiger partial charge >= 0.3 is 0 Å². The van der Waals surface area contributed by atoms with Gasteiger partial charge in [-0.25, -0.2) is 4.98 Å². The summed E-state index contributed by atoms with van der Waals surface area (Å²) in [5.41, 5.74) is 1.50. The van der Waals surface area contributed by atoms with E-state index in [2.05, 4.69) is 4.98 Å². The first-order valence-electron chi connectivity index (χ1n) is 7.18. The van der Waals surface area contributed by atoms with Crippen LogP contribution in [0.2, 0.25) is 0 Å². The van der Waals surface area contributed by atoms with Crippen LogP contribution in [0, 0.1) is 0 Å². The third-order valence-corrected chi connectivity index (χ3v) is 3.55. The number of hydrogen-bond donors (Lipinski definition) is 0. The highest BCUT2D eigenvalue weighted by atomic mass is 16.7. The summed E-state index contributed by atoms with van der Waals surface area (Å²) in [7, 11) is 0. The molecule has 0 radical (unpaired) electrons. The lowest BCUT2D eigenvalue weighted by Gasteiger charge is -2.23. The molecule has 0 saturated carbocycles. The molecule has 2 heterocycles. The Labute approximate surface area is 123 Å². The molecule has 2 aromatic rings. The van der Waals surface area contributed by atoms with Crippen LogP contribution in [0.4, 0.5) is 0 Å². The lowest BCUT2D eigenvalue weighted by molar-refractivity contribution is -0.168. The summed E-state index contributed by atoms with van der Waals surface area (Å²) in [6, 6.07) is 7.48. The van der Waals surface area contributed by atoms with Gasteiger partial charge in [0.1, 0.15) is 6.33 Å². The van der Waals surface area contributed by atoms with Crippen molar-refractivity contribution in [3.8, 4) is 0 Å². The van der Waals surface area contributed by atoms with Crippen LogP contribution < -0.4 is 0 Å². The minimum absolute atomic E-state index is 0.101. The molecule has 21 heavy (non-hydrogen) atoms. The molecule has 5 heteroatoms. The summed E-state index contributed by atoms with van der Waals surface area (Å²) < 4.78 is 12.8. The molecule has 1 aromatic heterocycles. The Morgan fingerprint density at radius 3 is 3.05 bits per heavy atom. The number of carbonyl (C=O) groups is 1. The predicted octanol–water partition coefficient (Wildman–Crippen LogP) is 2.61. The van der Waals surface area contributed by atoms with Crippen molar-refractivity contribution in [3.63, 3.8) is 0 Å². The van der Waals surface area contributed by atoms with Gasteiger partial charge in [0.25, 0.3) is 5.91 Å². The molecule has 1 aromatic carbocycles. The molecule has 1 fully saturated rings. The van der Waals surface area contributed by atoms with Crippen molar-refractivity contribution >= 4 is 5.91 Å². The van der Waals surface area contributed by atoms with Crippen molar-refractivity contribution in [2.75, 3.05) is 6.61 Å². The highest BCUT2D eigenvalue weighted by molar-refractivity contribution is 5.97. The van der Waals surface area contributed by atoms with Crippen LogP contribution in [0.3, 0.4) is 0 Å². The van der Waals surface area contributed by atoms with Crippen LogP contribution in [0.15, 0.2) is 43.0 Å². The molecule has 1 saturated heterocycles. The summed E-state index contributed by atoms with van der Waals surface area (Å²) >= 11 is 0. The van der Waals surface area contributed by atoms with Crippen molar-refractivity contribution in [2.24, 2.45) is 0 Å². The van der Waals surface area contributed by atoms with E-state index in [0.29, 0.717) is 12.2 Å². The lowest BCUT2D eigenvalue weighted by Crippen LogP contribution is -2.22. The molecule has 0 N–H and O–H groups in total. The highest BCUT2D eigenvalue weighted by Crippen LogP contribution is 2.18. The maximum absolute atomic E-state index is 12.4. The number of rotatable bonds is 4. The van der Waals surface area contributed by atoms with Crippen LogP contribution in [0.1, 0.15) is 35.2 Å². The van der Waals surface area contributed by atoms with E-state index in [1.807, 2.05) is 24.3 Å². The largest absolute Gasteiger partial charge is 0.353 e. The van der Waals surface area contributed by atoms with Crippen LogP contribution >= 0.6 is 0 Å². The van der Waals surface area contributed by atoms with Gasteiger partial charge in [0, 0.05) is 24.6 Å². The Hall–Kier alpha value is -1.98. The first kappa shape index (κ1) is 14.0. The van der Waals surface area contributed by atoms with E-state index < -0.39 is 0 Å². The summed E-state index contributed by atoms with van der Waals surface area (Å²) in [6.45, 7) is 1.13. The van der Waals surface area contributed by atoms with Crippen LogP contribution in [-0.4, -0.2) is 28.4 Å². The summed E-state index contributed by atoms with van der Waals surface area (Å²) in [6.07, 6.45) is 7.71. The number of ether oxygens (including phenoxy) is 2. The molecule has 1 unspecified atom stereocenters. The minimum atomic E-state index is -0.157. The summed E-state index contributed by atoms with van der Waals surface area (Å²) in [5.74, 6) is -0.101. The Morgan fingerprint density at radius 1 is 1.38 bits per heavy atom. The average Bonchev–Trinajstić information content (AvgIpc) is 3.08. The minimum Gasteiger partial charge on any atom is -0.353 e. The Kier molecular flexibility index (Phi) is 4.43. The SMILES string of the molecule is O=C(c1ccccc1COC1CCCCO1)n1ccnc1. The lowest BCUT2D eigenvalue weighted by atomic mass is 10.1. The maximum atomic E-state index is 12.4. The third kappa shape index (κ3) is 3.37. The van der Waals surface area contributed by atoms with Gasteiger partial charge in [-0.2, -0.15) is 0 Å². The normalized spacial score (nSPS) is 18.6. The molecule has 0 bridgehead atoms. The van der Waals surface area contributed by atoms with E-state index in [4.69, 9.17) is 9.47 Å². The first-order valence-corrected chi connectivity index (χ1v) is 7.18. The van der Waals surface area contributed by atoms with E-state index in [9.17, 15) is 4.79 Å². The van der Waals surface area contributed by atoms with E-state index in [1.165, 1.54) is 10.9 Å². The van der Waals surface area contributed by atoms with Crippen LogP contribution in [-0.2, 0) is 16.1 Å².